The monoisotopic (exact) mass is 351 g/mol. The van der Waals surface area contributed by atoms with Crippen LogP contribution in [0.2, 0.25) is 5.02 Å². The fourth-order valence-electron chi connectivity index (χ4n) is 3.64. The Morgan fingerprint density at radius 2 is 1.84 bits per heavy atom. The summed E-state index contributed by atoms with van der Waals surface area (Å²) in [5.74, 6) is 1.05. The number of nitrogens with zero attached hydrogens (tertiary/aromatic N) is 2. The molecule has 0 bridgehead atoms. The predicted octanol–water partition coefficient (Wildman–Crippen LogP) is 5.33. The Morgan fingerprint density at radius 3 is 2.64 bits per heavy atom. The Labute approximate surface area is 153 Å². The van der Waals surface area contributed by atoms with E-state index in [0.29, 0.717) is 6.04 Å². The van der Waals surface area contributed by atoms with Crippen molar-refractivity contribution in [1.82, 2.24) is 10.2 Å². The standard InChI is InChI=1S/C21H22ClN3/c22-18-11-9-17(10-12-18)20-15-21(24-23-20)25-13-5-4-8-19(25)14-16-6-2-1-3-7-16/h1-3,6-7,9-12,15,19H,4-5,8,13-14H2,(H,23,24). The van der Waals surface area contributed by atoms with Crippen LogP contribution in [0.1, 0.15) is 24.8 Å². The molecule has 1 atom stereocenters. The van der Waals surface area contributed by atoms with Crippen molar-refractivity contribution in [2.24, 2.45) is 0 Å². The van der Waals surface area contributed by atoms with Gasteiger partial charge in [-0.3, -0.25) is 5.10 Å². The molecule has 0 spiro atoms. The van der Waals surface area contributed by atoms with Crippen molar-refractivity contribution >= 4 is 17.4 Å². The van der Waals surface area contributed by atoms with Crippen molar-refractivity contribution < 1.29 is 0 Å². The van der Waals surface area contributed by atoms with Gasteiger partial charge in [0, 0.05) is 23.7 Å². The number of piperidine rings is 1. The molecule has 4 rings (SSSR count). The molecule has 1 fully saturated rings. The molecule has 25 heavy (non-hydrogen) atoms. The van der Waals surface area contributed by atoms with Gasteiger partial charge in [-0.1, -0.05) is 54.1 Å². The smallest absolute Gasteiger partial charge is 0.151 e. The van der Waals surface area contributed by atoms with Gasteiger partial charge in [0.1, 0.15) is 0 Å². The summed E-state index contributed by atoms with van der Waals surface area (Å²) < 4.78 is 0. The largest absolute Gasteiger partial charge is 0.352 e. The SMILES string of the molecule is Clc1ccc(-c2cc(N3CCCCC3Cc3ccccc3)n[nH]2)cc1. The van der Waals surface area contributed by atoms with Crippen molar-refractivity contribution in [2.45, 2.75) is 31.7 Å². The summed E-state index contributed by atoms with van der Waals surface area (Å²) in [6.07, 6.45) is 4.82. The van der Waals surface area contributed by atoms with Gasteiger partial charge in [0.25, 0.3) is 0 Å². The molecule has 3 aromatic rings. The van der Waals surface area contributed by atoms with E-state index in [4.69, 9.17) is 11.6 Å². The number of hydrogen-bond donors (Lipinski definition) is 1. The second-order valence-corrected chi connectivity index (χ2v) is 7.12. The van der Waals surface area contributed by atoms with Crippen molar-refractivity contribution in [3.8, 4) is 11.3 Å². The molecule has 1 aromatic heterocycles. The van der Waals surface area contributed by atoms with Gasteiger partial charge in [0.2, 0.25) is 0 Å². The molecule has 2 aromatic carbocycles. The van der Waals surface area contributed by atoms with Gasteiger partial charge >= 0.3 is 0 Å². The van der Waals surface area contributed by atoms with Gasteiger partial charge in [-0.05, 0) is 48.9 Å². The lowest BCUT2D eigenvalue weighted by Gasteiger charge is -2.36. The van der Waals surface area contributed by atoms with Crippen LogP contribution in [0.15, 0.2) is 60.7 Å². The Kier molecular flexibility index (Phi) is 4.75. The van der Waals surface area contributed by atoms with Crippen LogP contribution in [0, 0.1) is 0 Å². The lowest BCUT2D eigenvalue weighted by atomic mass is 9.95. The molecule has 0 amide bonds. The maximum absolute atomic E-state index is 5.99. The number of H-pyrrole nitrogens is 1. The van der Waals surface area contributed by atoms with Crippen LogP contribution in [0.4, 0.5) is 5.82 Å². The number of anilines is 1. The minimum Gasteiger partial charge on any atom is -0.352 e. The quantitative estimate of drug-likeness (QED) is 0.688. The molecule has 0 radical (unpaired) electrons. The first-order valence-corrected chi connectivity index (χ1v) is 9.29. The summed E-state index contributed by atoms with van der Waals surface area (Å²) in [5.41, 5.74) is 3.54. The molecule has 1 saturated heterocycles. The van der Waals surface area contributed by atoms with Crippen LogP contribution in [0.25, 0.3) is 11.3 Å². The molecular weight excluding hydrogens is 330 g/mol. The first kappa shape index (κ1) is 16.2. The number of nitrogens with one attached hydrogen (secondary N) is 1. The highest BCUT2D eigenvalue weighted by Gasteiger charge is 2.24. The molecule has 1 aliphatic heterocycles. The van der Waals surface area contributed by atoms with E-state index in [1.165, 1.54) is 24.8 Å². The zero-order chi connectivity index (χ0) is 17.1. The zero-order valence-electron chi connectivity index (χ0n) is 14.2. The van der Waals surface area contributed by atoms with Crippen LogP contribution in [0.3, 0.4) is 0 Å². The highest BCUT2D eigenvalue weighted by molar-refractivity contribution is 6.30. The number of halogens is 1. The second-order valence-electron chi connectivity index (χ2n) is 6.68. The average molecular weight is 352 g/mol. The average Bonchev–Trinajstić information content (AvgIpc) is 3.14. The zero-order valence-corrected chi connectivity index (χ0v) is 14.9. The lowest BCUT2D eigenvalue weighted by molar-refractivity contribution is 0.454. The summed E-state index contributed by atoms with van der Waals surface area (Å²) in [6.45, 7) is 1.07. The summed E-state index contributed by atoms with van der Waals surface area (Å²) in [7, 11) is 0. The van der Waals surface area contributed by atoms with E-state index in [-0.39, 0.29) is 0 Å². The summed E-state index contributed by atoms with van der Waals surface area (Å²) >= 11 is 5.99. The normalized spacial score (nSPS) is 17.6. The van der Waals surface area contributed by atoms with Crippen LogP contribution in [-0.4, -0.2) is 22.8 Å². The summed E-state index contributed by atoms with van der Waals surface area (Å²) in [5, 5.41) is 8.54. The van der Waals surface area contributed by atoms with E-state index in [0.717, 1.165) is 35.1 Å². The molecule has 1 unspecified atom stereocenters. The Bertz CT molecular complexity index is 811. The number of benzene rings is 2. The van der Waals surface area contributed by atoms with E-state index >= 15 is 0 Å². The van der Waals surface area contributed by atoms with Gasteiger partial charge in [0.15, 0.2) is 5.82 Å². The molecule has 1 aliphatic rings. The van der Waals surface area contributed by atoms with Crippen molar-refractivity contribution in [2.75, 3.05) is 11.4 Å². The third-order valence-corrected chi connectivity index (χ3v) is 5.21. The Balaban J connectivity index is 1.55. The summed E-state index contributed by atoms with van der Waals surface area (Å²) in [6, 6.07) is 21.3. The fraction of sp³-hybridized carbons (Fsp3) is 0.286. The maximum Gasteiger partial charge on any atom is 0.151 e. The van der Waals surface area contributed by atoms with Crippen molar-refractivity contribution in [1.29, 1.82) is 0 Å². The van der Waals surface area contributed by atoms with E-state index in [9.17, 15) is 0 Å². The highest BCUT2D eigenvalue weighted by atomic mass is 35.5. The molecule has 3 nitrogen and oxygen atoms in total. The number of hydrogen-bond acceptors (Lipinski definition) is 2. The van der Waals surface area contributed by atoms with Crippen LogP contribution in [0.5, 0.6) is 0 Å². The lowest BCUT2D eigenvalue weighted by Crippen LogP contribution is -2.41. The molecule has 0 aliphatic carbocycles. The van der Waals surface area contributed by atoms with Crippen LogP contribution >= 0.6 is 11.6 Å². The Morgan fingerprint density at radius 1 is 1.04 bits per heavy atom. The fourth-order valence-corrected chi connectivity index (χ4v) is 3.76. The van der Waals surface area contributed by atoms with Crippen molar-refractivity contribution in [3.63, 3.8) is 0 Å². The molecule has 4 heteroatoms. The molecule has 128 valence electrons. The summed E-state index contributed by atoms with van der Waals surface area (Å²) in [4.78, 5) is 2.46. The van der Waals surface area contributed by atoms with Gasteiger partial charge in [-0.15, -0.1) is 0 Å². The molecular formula is C21H22ClN3. The van der Waals surface area contributed by atoms with Crippen LogP contribution < -0.4 is 4.90 Å². The van der Waals surface area contributed by atoms with E-state index in [1.807, 2.05) is 24.3 Å². The topological polar surface area (TPSA) is 31.9 Å². The minimum absolute atomic E-state index is 0.512. The van der Waals surface area contributed by atoms with Gasteiger partial charge in [-0.25, -0.2) is 0 Å². The van der Waals surface area contributed by atoms with Gasteiger partial charge in [-0.2, -0.15) is 5.10 Å². The van der Waals surface area contributed by atoms with Crippen molar-refractivity contribution in [3.05, 3.63) is 71.2 Å². The molecule has 2 heterocycles. The number of aromatic nitrogens is 2. The third-order valence-electron chi connectivity index (χ3n) is 4.96. The molecule has 0 saturated carbocycles. The first-order valence-electron chi connectivity index (χ1n) is 8.91. The molecule has 1 N–H and O–H groups in total. The van der Waals surface area contributed by atoms with E-state index in [1.54, 1.807) is 0 Å². The maximum atomic E-state index is 5.99. The van der Waals surface area contributed by atoms with E-state index < -0.39 is 0 Å². The highest BCUT2D eigenvalue weighted by Crippen LogP contribution is 2.29. The first-order chi connectivity index (χ1) is 12.3. The van der Waals surface area contributed by atoms with Gasteiger partial charge in [0.05, 0.1) is 5.69 Å². The predicted molar refractivity (Wildman–Crippen MR) is 104 cm³/mol. The third kappa shape index (κ3) is 3.72. The number of rotatable bonds is 4. The minimum atomic E-state index is 0.512. The Hall–Kier alpha value is -2.26. The van der Waals surface area contributed by atoms with Crippen LogP contribution in [-0.2, 0) is 6.42 Å². The van der Waals surface area contributed by atoms with Gasteiger partial charge < -0.3 is 4.90 Å². The number of aromatic amines is 1. The second kappa shape index (κ2) is 7.32. The van der Waals surface area contributed by atoms with E-state index in [2.05, 4.69) is 51.5 Å².